The number of alkyl carbamates (subject to hydrolysis) is 1. The quantitative estimate of drug-likeness (QED) is 0.495. The zero-order valence-corrected chi connectivity index (χ0v) is 13.2. The average molecular weight is 287 g/mol. The van der Waals surface area contributed by atoms with Crippen LogP contribution in [0, 0.1) is 5.92 Å². The smallest absolute Gasteiger partial charge is 0.407 e. The van der Waals surface area contributed by atoms with Crippen LogP contribution in [0.15, 0.2) is 0 Å². The highest BCUT2D eigenvalue weighted by Crippen LogP contribution is 2.08. The maximum atomic E-state index is 12.0. The molecule has 1 atom stereocenters. The lowest BCUT2D eigenvalue weighted by Crippen LogP contribution is -2.42. The molecule has 118 valence electrons. The van der Waals surface area contributed by atoms with Crippen molar-refractivity contribution in [1.82, 2.24) is 5.32 Å². The van der Waals surface area contributed by atoms with E-state index in [-0.39, 0.29) is 18.5 Å². The molecule has 0 heterocycles. The average Bonchev–Trinajstić information content (AvgIpc) is 2.39. The molecule has 0 saturated carbocycles. The Morgan fingerprint density at radius 3 is 2.30 bits per heavy atom. The van der Waals surface area contributed by atoms with E-state index in [1.807, 2.05) is 13.8 Å². The number of esters is 1. The molecule has 5 nitrogen and oxygen atoms in total. The van der Waals surface area contributed by atoms with E-state index >= 15 is 0 Å². The Labute approximate surface area is 122 Å². The Morgan fingerprint density at radius 2 is 1.75 bits per heavy atom. The Bertz CT molecular complexity index is 279. The third-order valence-electron chi connectivity index (χ3n) is 2.76. The molecule has 0 aliphatic heterocycles. The molecular formula is C15H29NO4. The van der Waals surface area contributed by atoms with Crippen LogP contribution in [0.2, 0.25) is 0 Å². The number of hydrogen-bond donors (Lipinski definition) is 1. The lowest BCUT2D eigenvalue weighted by Gasteiger charge is -2.18. The summed E-state index contributed by atoms with van der Waals surface area (Å²) < 4.78 is 10.0. The van der Waals surface area contributed by atoms with E-state index in [0.717, 1.165) is 25.7 Å². The molecule has 0 spiro atoms. The molecule has 0 aromatic rings. The van der Waals surface area contributed by atoms with E-state index in [0.29, 0.717) is 13.0 Å². The Morgan fingerprint density at radius 1 is 1.05 bits per heavy atom. The third-order valence-corrected chi connectivity index (χ3v) is 2.76. The van der Waals surface area contributed by atoms with Crippen LogP contribution in [0.5, 0.6) is 0 Å². The van der Waals surface area contributed by atoms with Crippen molar-refractivity contribution in [2.45, 2.75) is 65.8 Å². The summed E-state index contributed by atoms with van der Waals surface area (Å²) in [6, 6.07) is -0.607. The first kappa shape index (κ1) is 18.7. The zero-order chi connectivity index (χ0) is 15.4. The molecule has 0 bridgehead atoms. The number of carbonyl (C=O) groups is 2. The molecule has 0 fully saturated rings. The topological polar surface area (TPSA) is 64.6 Å². The van der Waals surface area contributed by atoms with Gasteiger partial charge in [0.15, 0.2) is 0 Å². The van der Waals surface area contributed by atoms with Crippen LogP contribution in [0.3, 0.4) is 0 Å². The first-order chi connectivity index (χ1) is 9.51. The fourth-order valence-corrected chi connectivity index (χ4v) is 1.69. The normalized spacial score (nSPS) is 12.1. The predicted octanol–water partition coefficient (Wildman–Crippen LogP) is 3.27. The van der Waals surface area contributed by atoms with Gasteiger partial charge in [-0.1, -0.05) is 46.5 Å². The van der Waals surface area contributed by atoms with Gasteiger partial charge in [-0.2, -0.15) is 0 Å². The SMILES string of the molecule is CCCCCCC(NC(=O)OCC)C(=O)OCC(C)C. The van der Waals surface area contributed by atoms with E-state index in [1.165, 1.54) is 0 Å². The van der Waals surface area contributed by atoms with Gasteiger partial charge in [0.2, 0.25) is 0 Å². The van der Waals surface area contributed by atoms with E-state index in [9.17, 15) is 9.59 Å². The molecule has 0 aliphatic carbocycles. The minimum atomic E-state index is -0.607. The third kappa shape index (κ3) is 9.64. The second-order valence-corrected chi connectivity index (χ2v) is 5.29. The highest BCUT2D eigenvalue weighted by atomic mass is 16.6. The number of nitrogens with one attached hydrogen (secondary N) is 1. The summed E-state index contributed by atoms with van der Waals surface area (Å²) in [5.74, 6) is -0.0921. The van der Waals surface area contributed by atoms with Gasteiger partial charge in [0.05, 0.1) is 13.2 Å². The van der Waals surface area contributed by atoms with Crippen molar-refractivity contribution in [3.8, 4) is 0 Å². The molecular weight excluding hydrogens is 258 g/mol. The van der Waals surface area contributed by atoms with Gasteiger partial charge < -0.3 is 14.8 Å². The zero-order valence-electron chi connectivity index (χ0n) is 13.2. The van der Waals surface area contributed by atoms with Crippen LogP contribution in [-0.2, 0) is 14.3 Å². The lowest BCUT2D eigenvalue weighted by molar-refractivity contribution is -0.147. The number of unbranched alkanes of at least 4 members (excludes halogenated alkanes) is 3. The van der Waals surface area contributed by atoms with Crippen LogP contribution >= 0.6 is 0 Å². The lowest BCUT2D eigenvalue weighted by atomic mass is 10.1. The number of amides is 1. The van der Waals surface area contributed by atoms with Crippen molar-refractivity contribution in [2.24, 2.45) is 5.92 Å². The molecule has 1 amide bonds. The minimum Gasteiger partial charge on any atom is -0.464 e. The Balaban J connectivity index is 4.28. The summed E-state index contributed by atoms with van der Waals surface area (Å²) in [5.41, 5.74) is 0. The second-order valence-electron chi connectivity index (χ2n) is 5.29. The highest BCUT2D eigenvalue weighted by molar-refractivity contribution is 5.81. The van der Waals surface area contributed by atoms with Crippen molar-refractivity contribution in [2.75, 3.05) is 13.2 Å². The van der Waals surface area contributed by atoms with Gasteiger partial charge in [-0.3, -0.25) is 0 Å². The number of carbonyl (C=O) groups excluding carboxylic acids is 2. The highest BCUT2D eigenvalue weighted by Gasteiger charge is 2.22. The van der Waals surface area contributed by atoms with Gasteiger partial charge in [0, 0.05) is 0 Å². The van der Waals surface area contributed by atoms with E-state index in [1.54, 1.807) is 6.92 Å². The first-order valence-electron chi connectivity index (χ1n) is 7.61. The molecule has 1 unspecified atom stereocenters. The molecule has 20 heavy (non-hydrogen) atoms. The number of hydrogen-bond acceptors (Lipinski definition) is 4. The van der Waals surface area contributed by atoms with Gasteiger partial charge in [0.1, 0.15) is 6.04 Å². The fraction of sp³-hybridized carbons (Fsp3) is 0.867. The Kier molecular flexibility index (Phi) is 10.8. The molecule has 0 saturated heterocycles. The van der Waals surface area contributed by atoms with Crippen LogP contribution in [0.1, 0.15) is 59.8 Å². The van der Waals surface area contributed by atoms with E-state index < -0.39 is 12.1 Å². The standard InChI is InChI=1S/C15H29NO4/c1-5-7-8-9-10-13(16-15(18)19-6-2)14(17)20-11-12(3)4/h12-13H,5-11H2,1-4H3,(H,16,18). The predicted molar refractivity (Wildman–Crippen MR) is 78.5 cm³/mol. The summed E-state index contributed by atoms with van der Waals surface area (Å²) in [7, 11) is 0. The van der Waals surface area contributed by atoms with E-state index in [4.69, 9.17) is 9.47 Å². The van der Waals surface area contributed by atoms with Crippen LogP contribution in [0.4, 0.5) is 4.79 Å². The van der Waals surface area contributed by atoms with Crippen LogP contribution in [0.25, 0.3) is 0 Å². The van der Waals surface area contributed by atoms with Crippen LogP contribution < -0.4 is 5.32 Å². The van der Waals surface area contributed by atoms with Crippen molar-refractivity contribution in [1.29, 1.82) is 0 Å². The summed E-state index contributed by atoms with van der Waals surface area (Å²) in [4.78, 5) is 23.4. The van der Waals surface area contributed by atoms with Crippen molar-refractivity contribution in [3.05, 3.63) is 0 Å². The van der Waals surface area contributed by atoms with Crippen molar-refractivity contribution in [3.63, 3.8) is 0 Å². The summed E-state index contributed by atoms with van der Waals surface area (Å²) in [5, 5.41) is 2.58. The van der Waals surface area contributed by atoms with Crippen molar-refractivity contribution >= 4 is 12.1 Å². The monoisotopic (exact) mass is 287 g/mol. The van der Waals surface area contributed by atoms with Crippen molar-refractivity contribution < 1.29 is 19.1 Å². The molecule has 5 heteroatoms. The maximum absolute atomic E-state index is 12.0. The molecule has 1 N–H and O–H groups in total. The molecule has 0 aromatic carbocycles. The molecule has 0 rings (SSSR count). The first-order valence-corrected chi connectivity index (χ1v) is 7.61. The van der Waals surface area contributed by atoms with Gasteiger partial charge >= 0.3 is 12.1 Å². The summed E-state index contributed by atoms with van der Waals surface area (Å²) in [6.07, 6.45) is 4.24. The number of ether oxygens (including phenoxy) is 2. The van der Waals surface area contributed by atoms with Gasteiger partial charge in [-0.15, -0.1) is 0 Å². The van der Waals surface area contributed by atoms with Gasteiger partial charge in [-0.25, -0.2) is 9.59 Å². The largest absolute Gasteiger partial charge is 0.464 e. The number of rotatable bonds is 10. The summed E-state index contributed by atoms with van der Waals surface area (Å²) in [6.45, 7) is 8.47. The van der Waals surface area contributed by atoms with Gasteiger partial charge in [0.25, 0.3) is 0 Å². The molecule has 0 aromatic heterocycles. The van der Waals surface area contributed by atoms with Gasteiger partial charge in [-0.05, 0) is 19.3 Å². The summed E-state index contributed by atoms with van der Waals surface area (Å²) >= 11 is 0. The fourth-order valence-electron chi connectivity index (χ4n) is 1.69. The minimum absolute atomic E-state index is 0.280. The van der Waals surface area contributed by atoms with Crippen LogP contribution in [-0.4, -0.2) is 31.3 Å². The molecule has 0 aliphatic rings. The maximum Gasteiger partial charge on any atom is 0.407 e. The van der Waals surface area contributed by atoms with E-state index in [2.05, 4.69) is 12.2 Å². The second kappa shape index (κ2) is 11.6. The molecule has 0 radical (unpaired) electrons. The Hall–Kier alpha value is -1.26.